The summed E-state index contributed by atoms with van der Waals surface area (Å²) in [5, 5.41) is 6.67. The molecule has 0 heterocycles. The number of aliphatic imine (C=N–C) groups is 1. The third-order valence-corrected chi connectivity index (χ3v) is 5.59. The van der Waals surface area contributed by atoms with Crippen LogP contribution in [0.5, 0.6) is 17.2 Å². The Labute approximate surface area is 177 Å². The van der Waals surface area contributed by atoms with Gasteiger partial charge in [-0.3, -0.25) is 4.99 Å². The third-order valence-electron chi connectivity index (χ3n) is 5.59. The van der Waals surface area contributed by atoms with Gasteiger partial charge in [0.25, 0.3) is 0 Å². The minimum atomic E-state index is -0.143. The Kier molecular flexibility index (Phi) is 7.03. The summed E-state index contributed by atoms with van der Waals surface area (Å²) in [6.45, 7) is 1.30. The SMILES string of the molecule is CN=C(NCCc1ccc(OC)c(OC)c1OC)NCC1(c2ccccc2F)CC1. The van der Waals surface area contributed by atoms with Gasteiger partial charge in [-0.25, -0.2) is 4.39 Å². The molecule has 0 unspecified atom stereocenters. The van der Waals surface area contributed by atoms with E-state index in [-0.39, 0.29) is 11.2 Å². The van der Waals surface area contributed by atoms with Crippen molar-refractivity contribution in [2.24, 2.45) is 4.99 Å². The molecule has 0 aromatic heterocycles. The van der Waals surface area contributed by atoms with Gasteiger partial charge in [0.15, 0.2) is 17.5 Å². The predicted molar refractivity (Wildman–Crippen MR) is 116 cm³/mol. The molecule has 0 atom stereocenters. The summed E-state index contributed by atoms with van der Waals surface area (Å²) in [5.41, 5.74) is 1.64. The van der Waals surface area contributed by atoms with Crippen LogP contribution in [0, 0.1) is 5.82 Å². The van der Waals surface area contributed by atoms with Gasteiger partial charge in [0.1, 0.15) is 5.82 Å². The first-order valence-electron chi connectivity index (χ1n) is 10.1. The highest BCUT2D eigenvalue weighted by atomic mass is 19.1. The van der Waals surface area contributed by atoms with Crippen molar-refractivity contribution in [2.75, 3.05) is 41.5 Å². The molecule has 1 saturated carbocycles. The van der Waals surface area contributed by atoms with Crippen LogP contribution in [0.25, 0.3) is 0 Å². The maximum Gasteiger partial charge on any atom is 0.203 e. The highest BCUT2D eigenvalue weighted by Gasteiger charge is 2.45. The summed E-state index contributed by atoms with van der Waals surface area (Å²) < 4.78 is 30.5. The van der Waals surface area contributed by atoms with Gasteiger partial charge in [0.2, 0.25) is 5.75 Å². The zero-order valence-electron chi connectivity index (χ0n) is 18.0. The van der Waals surface area contributed by atoms with Crippen LogP contribution in [0.2, 0.25) is 0 Å². The summed E-state index contributed by atoms with van der Waals surface area (Å²) in [5.74, 6) is 2.43. The highest BCUT2D eigenvalue weighted by molar-refractivity contribution is 5.79. The molecular formula is C23H30FN3O3. The Morgan fingerprint density at radius 1 is 1.00 bits per heavy atom. The van der Waals surface area contributed by atoms with Crippen LogP contribution >= 0.6 is 0 Å². The van der Waals surface area contributed by atoms with Crippen LogP contribution in [0.3, 0.4) is 0 Å². The molecule has 0 saturated heterocycles. The van der Waals surface area contributed by atoms with Crippen molar-refractivity contribution >= 4 is 5.96 Å². The number of guanidine groups is 1. The molecule has 3 rings (SSSR count). The van der Waals surface area contributed by atoms with Crippen LogP contribution < -0.4 is 24.8 Å². The molecule has 2 N–H and O–H groups in total. The summed E-state index contributed by atoms with van der Waals surface area (Å²) in [4.78, 5) is 4.29. The van der Waals surface area contributed by atoms with Crippen molar-refractivity contribution in [3.8, 4) is 17.2 Å². The molecule has 1 aliphatic carbocycles. The first-order chi connectivity index (χ1) is 14.6. The van der Waals surface area contributed by atoms with Crippen LogP contribution in [0.15, 0.2) is 41.4 Å². The van der Waals surface area contributed by atoms with E-state index in [1.165, 1.54) is 6.07 Å². The van der Waals surface area contributed by atoms with E-state index >= 15 is 0 Å². The number of rotatable bonds is 9. The van der Waals surface area contributed by atoms with Gasteiger partial charge in [0.05, 0.1) is 21.3 Å². The zero-order chi connectivity index (χ0) is 21.6. The van der Waals surface area contributed by atoms with E-state index in [4.69, 9.17) is 14.2 Å². The molecule has 162 valence electrons. The average Bonchev–Trinajstić information content (AvgIpc) is 3.56. The quantitative estimate of drug-likeness (QED) is 0.486. The van der Waals surface area contributed by atoms with Gasteiger partial charge < -0.3 is 24.8 Å². The Hall–Kier alpha value is -2.96. The van der Waals surface area contributed by atoms with Gasteiger partial charge in [-0.1, -0.05) is 24.3 Å². The van der Waals surface area contributed by atoms with Gasteiger partial charge in [-0.15, -0.1) is 0 Å². The Morgan fingerprint density at radius 2 is 1.73 bits per heavy atom. The maximum absolute atomic E-state index is 14.2. The van der Waals surface area contributed by atoms with Gasteiger partial charge >= 0.3 is 0 Å². The molecule has 0 radical (unpaired) electrons. The molecule has 0 amide bonds. The molecule has 2 aromatic rings. The smallest absolute Gasteiger partial charge is 0.203 e. The third kappa shape index (κ3) is 4.61. The molecule has 1 fully saturated rings. The normalized spacial score (nSPS) is 14.8. The zero-order valence-corrected chi connectivity index (χ0v) is 18.0. The molecule has 1 aliphatic rings. The number of halogens is 1. The van der Waals surface area contributed by atoms with Gasteiger partial charge in [-0.05, 0) is 37.0 Å². The van der Waals surface area contributed by atoms with Gasteiger partial charge in [-0.2, -0.15) is 0 Å². The van der Waals surface area contributed by atoms with E-state index in [0.29, 0.717) is 42.7 Å². The van der Waals surface area contributed by atoms with E-state index in [0.717, 1.165) is 24.0 Å². The second kappa shape index (κ2) is 9.69. The fourth-order valence-corrected chi connectivity index (χ4v) is 3.73. The van der Waals surface area contributed by atoms with E-state index in [2.05, 4.69) is 15.6 Å². The summed E-state index contributed by atoms with van der Waals surface area (Å²) in [6, 6.07) is 10.9. The molecule has 0 aliphatic heterocycles. The van der Waals surface area contributed by atoms with Crippen LogP contribution in [0.1, 0.15) is 24.0 Å². The van der Waals surface area contributed by atoms with Crippen molar-refractivity contribution in [3.63, 3.8) is 0 Å². The lowest BCUT2D eigenvalue weighted by Gasteiger charge is -2.20. The van der Waals surface area contributed by atoms with Crippen LogP contribution in [0.4, 0.5) is 4.39 Å². The predicted octanol–water partition coefficient (Wildman–Crippen LogP) is 3.29. The van der Waals surface area contributed by atoms with Crippen molar-refractivity contribution in [1.29, 1.82) is 0 Å². The Morgan fingerprint density at radius 3 is 2.33 bits per heavy atom. The minimum absolute atomic E-state index is 0.139. The monoisotopic (exact) mass is 415 g/mol. The van der Waals surface area contributed by atoms with Crippen molar-refractivity contribution in [3.05, 3.63) is 53.3 Å². The standard InChI is InChI=1S/C23H30FN3O3/c1-25-22(27-15-23(12-13-23)17-7-5-6-8-18(17)24)26-14-11-16-9-10-19(28-2)21(30-4)20(16)29-3/h5-10H,11-15H2,1-4H3,(H2,25,26,27). The maximum atomic E-state index is 14.2. The molecule has 6 nitrogen and oxygen atoms in total. The molecule has 30 heavy (non-hydrogen) atoms. The lowest BCUT2D eigenvalue weighted by atomic mass is 9.95. The Balaban J connectivity index is 1.58. The number of hydrogen-bond donors (Lipinski definition) is 2. The molecule has 2 aromatic carbocycles. The summed E-state index contributed by atoms with van der Waals surface area (Å²) >= 11 is 0. The fourth-order valence-electron chi connectivity index (χ4n) is 3.73. The molecule has 0 spiro atoms. The van der Waals surface area contributed by atoms with E-state index < -0.39 is 0 Å². The second-order valence-corrected chi connectivity index (χ2v) is 7.36. The molecule has 7 heteroatoms. The highest BCUT2D eigenvalue weighted by Crippen LogP contribution is 2.48. The van der Waals surface area contributed by atoms with E-state index in [9.17, 15) is 4.39 Å². The van der Waals surface area contributed by atoms with Crippen LogP contribution in [-0.2, 0) is 11.8 Å². The molecule has 0 bridgehead atoms. The lowest BCUT2D eigenvalue weighted by molar-refractivity contribution is 0.322. The average molecular weight is 416 g/mol. The van der Waals surface area contributed by atoms with Crippen molar-refractivity contribution in [2.45, 2.75) is 24.7 Å². The van der Waals surface area contributed by atoms with E-state index in [1.54, 1.807) is 34.4 Å². The largest absolute Gasteiger partial charge is 0.493 e. The van der Waals surface area contributed by atoms with Crippen LogP contribution in [-0.4, -0.2) is 47.4 Å². The number of benzene rings is 2. The van der Waals surface area contributed by atoms with E-state index in [1.807, 2.05) is 24.3 Å². The first kappa shape index (κ1) is 21.7. The summed E-state index contributed by atoms with van der Waals surface area (Å²) in [7, 11) is 6.54. The number of nitrogens with one attached hydrogen (secondary N) is 2. The minimum Gasteiger partial charge on any atom is -0.493 e. The van der Waals surface area contributed by atoms with Gasteiger partial charge in [0, 0.05) is 31.1 Å². The number of ether oxygens (including phenoxy) is 3. The van der Waals surface area contributed by atoms with Crippen molar-refractivity contribution < 1.29 is 18.6 Å². The second-order valence-electron chi connectivity index (χ2n) is 7.36. The number of hydrogen-bond acceptors (Lipinski definition) is 4. The number of nitrogens with zero attached hydrogens (tertiary/aromatic N) is 1. The van der Waals surface area contributed by atoms with Crippen molar-refractivity contribution in [1.82, 2.24) is 10.6 Å². The Bertz CT molecular complexity index is 897. The summed E-state index contributed by atoms with van der Waals surface area (Å²) in [6.07, 6.45) is 2.66. The number of methoxy groups -OCH3 is 3. The first-order valence-corrected chi connectivity index (χ1v) is 10.1. The fraction of sp³-hybridized carbons (Fsp3) is 0.435. The lowest BCUT2D eigenvalue weighted by Crippen LogP contribution is -2.42. The molecular weight excluding hydrogens is 385 g/mol. The topological polar surface area (TPSA) is 64.1 Å².